The highest BCUT2D eigenvalue weighted by molar-refractivity contribution is 7.80. The van der Waals surface area contributed by atoms with Crippen LogP contribution in [-0.4, -0.2) is 9.97 Å². The molecule has 1 aromatic heterocycles. The van der Waals surface area contributed by atoms with E-state index in [0.29, 0.717) is 17.2 Å². The quantitative estimate of drug-likeness (QED) is 0.873. The number of thiocarbonyl (C=S) groups is 1. The van der Waals surface area contributed by atoms with Crippen molar-refractivity contribution in [2.45, 2.75) is 19.3 Å². The van der Waals surface area contributed by atoms with Crippen LogP contribution in [0.5, 0.6) is 11.6 Å². The summed E-state index contributed by atoms with van der Waals surface area (Å²) in [5.41, 5.74) is 8.43. The Morgan fingerprint density at radius 1 is 1.33 bits per heavy atom. The van der Waals surface area contributed by atoms with Gasteiger partial charge in [-0.1, -0.05) is 23.8 Å². The fourth-order valence-electron chi connectivity index (χ4n) is 2.36. The van der Waals surface area contributed by atoms with E-state index in [1.807, 2.05) is 6.07 Å². The van der Waals surface area contributed by atoms with Crippen LogP contribution in [0.3, 0.4) is 0 Å². The largest absolute Gasteiger partial charge is 0.438 e. The van der Waals surface area contributed by atoms with E-state index in [-0.39, 0.29) is 10.0 Å². The Bertz CT molecular complexity index is 736. The van der Waals surface area contributed by atoms with Gasteiger partial charge in [0, 0.05) is 11.8 Å². The average molecular weight is 323 g/mol. The van der Waals surface area contributed by atoms with Crippen molar-refractivity contribution >= 4 is 28.8 Å². The van der Waals surface area contributed by atoms with Gasteiger partial charge in [-0.15, -0.1) is 0 Å². The van der Waals surface area contributed by atoms with E-state index >= 15 is 0 Å². The maximum atomic E-state index is 13.5. The molecule has 3 rings (SSSR count). The van der Waals surface area contributed by atoms with Crippen molar-refractivity contribution in [3.8, 4) is 11.6 Å². The summed E-state index contributed by atoms with van der Waals surface area (Å²) in [5, 5.41) is 0.0406. The molecule has 1 heterocycles. The zero-order valence-electron chi connectivity index (χ0n) is 11.0. The van der Waals surface area contributed by atoms with Gasteiger partial charge in [0.15, 0.2) is 0 Å². The average Bonchev–Trinajstić information content (AvgIpc) is 2.89. The van der Waals surface area contributed by atoms with Crippen LogP contribution in [-0.2, 0) is 12.8 Å². The molecule has 0 fully saturated rings. The van der Waals surface area contributed by atoms with Crippen molar-refractivity contribution in [1.29, 1.82) is 0 Å². The summed E-state index contributed by atoms with van der Waals surface area (Å²) >= 11 is 10.7. The van der Waals surface area contributed by atoms with Gasteiger partial charge in [0.25, 0.3) is 0 Å². The van der Waals surface area contributed by atoms with Gasteiger partial charge >= 0.3 is 0 Å². The number of halogens is 2. The van der Waals surface area contributed by atoms with E-state index in [9.17, 15) is 4.39 Å². The second-order valence-electron chi connectivity index (χ2n) is 4.84. The fraction of sp³-hybridized carbons (Fsp3) is 0.200. The van der Waals surface area contributed by atoms with Gasteiger partial charge in [0.05, 0.1) is 10.6 Å². The molecule has 1 aliphatic rings. The lowest BCUT2D eigenvalue weighted by Gasteiger charge is -2.12. The molecule has 0 saturated heterocycles. The smallest absolute Gasteiger partial charge is 0.229 e. The Balaban J connectivity index is 2.01. The van der Waals surface area contributed by atoms with Crippen LogP contribution in [0.4, 0.5) is 4.39 Å². The first-order valence-electron chi connectivity index (χ1n) is 6.50. The minimum atomic E-state index is -0.549. The summed E-state index contributed by atoms with van der Waals surface area (Å²) in [4.78, 5) is 4.69. The Hall–Kier alpha value is -1.72. The molecule has 0 bridgehead atoms. The van der Waals surface area contributed by atoms with Crippen LogP contribution >= 0.6 is 23.8 Å². The number of nitrogens with two attached hydrogens (primary N) is 1. The molecule has 0 atom stereocenters. The molecule has 0 unspecified atom stereocenters. The predicted octanol–water partition coefficient (Wildman–Crippen LogP) is 3.79. The van der Waals surface area contributed by atoms with Gasteiger partial charge in [0.2, 0.25) is 5.88 Å². The molecule has 0 radical (unpaired) electrons. The lowest BCUT2D eigenvalue weighted by molar-refractivity contribution is 0.455. The topological polar surface area (TPSA) is 48.1 Å². The van der Waals surface area contributed by atoms with Crippen LogP contribution in [0.1, 0.15) is 23.2 Å². The summed E-state index contributed by atoms with van der Waals surface area (Å²) in [6.45, 7) is 0. The van der Waals surface area contributed by atoms with Crippen molar-refractivity contribution in [3.05, 3.63) is 51.9 Å². The number of pyridine rings is 1. The molecule has 0 amide bonds. The summed E-state index contributed by atoms with van der Waals surface area (Å²) in [6.07, 6.45) is 2.92. The number of hydrogen-bond acceptors (Lipinski definition) is 3. The van der Waals surface area contributed by atoms with Crippen LogP contribution in [0.25, 0.3) is 0 Å². The Labute approximate surface area is 131 Å². The van der Waals surface area contributed by atoms with Gasteiger partial charge < -0.3 is 10.5 Å². The first-order chi connectivity index (χ1) is 10.0. The highest BCUT2D eigenvalue weighted by atomic mass is 35.5. The third-order valence-electron chi connectivity index (χ3n) is 3.39. The fourth-order valence-corrected chi connectivity index (χ4v) is 2.62. The molecule has 3 nitrogen and oxygen atoms in total. The van der Waals surface area contributed by atoms with Crippen molar-refractivity contribution in [2.24, 2.45) is 5.73 Å². The highest BCUT2D eigenvalue weighted by Crippen LogP contribution is 2.30. The number of benzene rings is 1. The van der Waals surface area contributed by atoms with Crippen LogP contribution in [0.2, 0.25) is 5.02 Å². The van der Waals surface area contributed by atoms with Gasteiger partial charge in [0.1, 0.15) is 16.6 Å². The first kappa shape index (κ1) is 14.2. The van der Waals surface area contributed by atoms with Gasteiger partial charge in [-0.05, 0) is 43.0 Å². The molecule has 6 heteroatoms. The van der Waals surface area contributed by atoms with E-state index in [1.165, 1.54) is 12.1 Å². The predicted molar refractivity (Wildman–Crippen MR) is 83.6 cm³/mol. The lowest BCUT2D eigenvalue weighted by atomic mass is 10.1. The molecular weight excluding hydrogens is 311 g/mol. The molecule has 0 aliphatic heterocycles. The van der Waals surface area contributed by atoms with Crippen molar-refractivity contribution in [1.82, 2.24) is 4.98 Å². The second-order valence-corrected chi connectivity index (χ2v) is 5.69. The van der Waals surface area contributed by atoms with E-state index in [2.05, 4.69) is 4.98 Å². The maximum Gasteiger partial charge on any atom is 0.229 e. The number of nitrogens with zero attached hydrogens (tertiary/aromatic N) is 1. The molecule has 0 spiro atoms. The second kappa shape index (κ2) is 5.58. The third-order valence-corrected chi connectivity index (χ3v) is 3.91. The molecule has 108 valence electrons. The van der Waals surface area contributed by atoms with Gasteiger partial charge in [-0.2, -0.15) is 0 Å². The van der Waals surface area contributed by atoms with Gasteiger partial charge in [-0.3, -0.25) is 0 Å². The van der Waals surface area contributed by atoms with E-state index < -0.39 is 5.82 Å². The van der Waals surface area contributed by atoms with E-state index in [1.54, 1.807) is 6.07 Å². The van der Waals surface area contributed by atoms with Crippen molar-refractivity contribution in [2.75, 3.05) is 0 Å². The third kappa shape index (κ3) is 2.84. The summed E-state index contributed by atoms with van der Waals surface area (Å²) in [6, 6.07) is 6.13. The number of aromatic nitrogens is 1. The zero-order valence-corrected chi connectivity index (χ0v) is 12.6. The molecule has 2 N–H and O–H groups in total. The zero-order chi connectivity index (χ0) is 15.0. The normalized spacial score (nSPS) is 13.0. The highest BCUT2D eigenvalue weighted by Gasteiger charge is 2.19. The molecule has 2 aromatic rings. The minimum absolute atomic E-state index is 0.0406. The van der Waals surface area contributed by atoms with Crippen LogP contribution in [0, 0.1) is 5.82 Å². The molecule has 1 aliphatic carbocycles. The lowest BCUT2D eigenvalue weighted by Crippen LogP contribution is -2.13. The van der Waals surface area contributed by atoms with Crippen molar-refractivity contribution in [3.63, 3.8) is 0 Å². The first-order valence-corrected chi connectivity index (χ1v) is 7.28. The number of hydrogen-bond donors (Lipinski definition) is 1. The summed E-state index contributed by atoms with van der Waals surface area (Å²) in [5.74, 6) is 0.0666. The summed E-state index contributed by atoms with van der Waals surface area (Å²) < 4.78 is 19.1. The van der Waals surface area contributed by atoms with E-state index in [4.69, 9.17) is 34.3 Å². The molecular formula is C15H12ClFN2OS. The molecule has 21 heavy (non-hydrogen) atoms. The molecule has 1 aromatic carbocycles. The van der Waals surface area contributed by atoms with Crippen LogP contribution in [0.15, 0.2) is 24.3 Å². The van der Waals surface area contributed by atoms with Crippen molar-refractivity contribution < 1.29 is 9.13 Å². The molecule has 0 saturated carbocycles. The van der Waals surface area contributed by atoms with Crippen LogP contribution < -0.4 is 10.5 Å². The SMILES string of the molecule is NC(=S)c1cc2c(nc1Oc1ccc(Cl)c(F)c1)CCC2. The Morgan fingerprint density at radius 2 is 2.14 bits per heavy atom. The van der Waals surface area contributed by atoms with Gasteiger partial charge in [-0.25, -0.2) is 9.37 Å². The number of ether oxygens (including phenoxy) is 1. The Kier molecular flexibility index (Phi) is 3.78. The number of aryl methyl sites for hydroxylation is 2. The number of rotatable bonds is 3. The standard InChI is InChI=1S/C15H12ClFN2OS/c16-11-5-4-9(7-12(11)17)20-15-10(14(18)21)6-8-2-1-3-13(8)19-15/h4-7H,1-3H2,(H2,18,21). The maximum absolute atomic E-state index is 13.5. The minimum Gasteiger partial charge on any atom is -0.438 e. The number of fused-ring (bicyclic) bond motifs is 1. The summed E-state index contributed by atoms with van der Waals surface area (Å²) in [7, 11) is 0. The Morgan fingerprint density at radius 3 is 2.86 bits per heavy atom. The monoisotopic (exact) mass is 322 g/mol. The van der Waals surface area contributed by atoms with E-state index in [0.717, 1.165) is 30.5 Å².